The van der Waals surface area contributed by atoms with Gasteiger partial charge in [-0.25, -0.2) is 24.5 Å². The summed E-state index contributed by atoms with van der Waals surface area (Å²) in [5.74, 6) is -1.44. The van der Waals surface area contributed by atoms with Gasteiger partial charge in [0.15, 0.2) is 5.69 Å². The van der Waals surface area contributed by atoms with Crippen molar-refractivity contribution in [2.24, 2.45) is 5.73 Å². The zero-order chi connectivity index (χ0) is 34.9. The maximum atomic E-state index is 14.7. The van der Waals surface area contributed by atoms with Crippen LogP contribution in [0.4, 0.5) is 44.3 Å². The average molecular weight is 666 g/mol. The van der Waals surface area contributed by atoms with Gasteiger partial charge in [0.2, 0.25) is 0 Å². The SMILES string of the molecule is CC(C)(C)OC(=O)[N+]1(c2ccccc2)C(=N)N(Cc2ccccc2)CC1Oc1ccc(N(C(N)=O)c2cc(C(F)(F)F)ccc2F)nc1. The first-order valence-electron chi connectivity index (χ1n) is 14.8. The largest absolute Gasteiger partial charge is 0.532 e. The molecule has 1 aliphatic rings. The molecule has 3 aromatic carbocycles. The van der Waals surface area contributed by atoms with Crippen LogP contribution in [0, 0.1) is 11.2 Å². The average Bonchev–Trinajstić information content (AvgIpc) is 3.29. The van der Waals surface area contributed by atoms with Crippen LogP contribution < -0.4 is 19.9 Å². The number of nitrogens with one attached hydrogen (secondary N) is 1. The first kappa shape index (κ1) is 33.9. The highest BCUT2D eigenvalue weighted by atomic mass is 19.4. The number of quaternary nitrogens is 1. The van der Waals surface area contributed by atoms with Gasteiger partial charge >= 0.3 is 24.3 Å². The highest BCUT2D eigenvalue weighted by Crippen LogP contribution is 2.39. The highest BCUT2D eigenvalue weighted by Gasteiger charge is 2.62. The number of urea groups is 1. The zero-order valence-electron chi connectivity index (χ0n) is 26.2. The minimum absolute atomic E-state index is 0.0620. The third kappa shape index (κ3) is 6.79. The van der Waals surface area contributed by atoms with Crippen molar-refractivity contribution in [3.63, 3.8) is 0 Å². The quantitative estimate of drug-likeness (QED) is 0.155. The molecule has 1 aromatic heterocycles. The number of hydrogen-bond acceptors (Lipinski definition) is 6. The van der Waals surface area contributed by atoms with Gasteiger partial charge in [0.05, 0.1) is 17.4 Å². The molecular weight excluding hydrogens is 632 g/mol. The molecule has 1 fully saturated rings. The molecule has 1 aliphatic heterocycles. The van der Waals surface area contributed by atoms with E-state index in [0.29, 0.717) is 28.8 Å². The Balaban J connectivity index is 1.54. The molecule has 5 rings (SSSR count). The molecule has 3 N–H and O–H groups in total. The number of carbonyl (C=O) groups excluding carboxylic acids is 2. The first-order valence-corrected chi connectivity index (χ1v) is 14.8. The third-order valence-electron chi connectivity index (χ3n) is 7.46. The lowest BCUT2D eigenvalue weighted by Gasteiger charge is -2.35. The van der Waals surface area contributed by atoms with Crippen LogP contribution in [0.15, 0.2) is 97.2 Å². The van der Waals surface area contributed by atoms with Gasteiger partial charge in [0, 0.05) is 18.7 Å². The van der Waals surface area contributed by atoms with E-state index in [4.69, 9.17) is 15.2 Å². The van der Waals surface area contributed by atoms with E-state index in [-0.39, 0.29) is 30.6 Å². The smallest absolute Gasteiger partial charge is 0.438 e. The van der Waals surface area contributed by atoms with Gasteiger partial charge in [-0.15, -0.1) is 0 Å². The van der Waals surface area contributed by atoms with Crippen LogP contribution >= 0.6 is 0 Å². The summed E-state index contributed by atoms with van der Waals surface area (Å²) in [5, 5.41) is 9.37. The van der Waals surface area contributed by atoms with E-state index in [9.17, 15) is 32.6 Å². The number of rotatable bonds is 7. The molecule has 48 heavy (non-hydrogen) atoms. The lowest BCUT2D eigenvalue weighted by atomic mass is 10.1. The summed E-state index contributed by atoms with van der Waals surface area (Å²) in [6, 6.07) is 20.9. The number of aromatic nitrogens is 1. The maximum absolute atomic E-state index is 14.7. The molecule has 0 radical (unpaired) electrons. The molecule has 0 spiro atoms. The van der Waals surface area contributed by atoms with Gasteiger partial charge in [0.1, 0.15) is 29.5 Å². The molecule has 4 aromatic rings. The maximum Gasteiger partial charge on any atom is 0.532 e. The summed E-state index contributed by atoms with van der Waals surface area (Å²) in [5.41, 5.74) is 3.90. The number of nitrogens with zero attached hydrogens (tertiary/aromatic N) is 4. The van der Waals surface area contributed by atoms with Gasteiger partial charge in [-0.1, -0.05) is 53.0 Å². The highest BCUT2D eigenvalue weighted by molar-refractivity contribution is 6.08. The Morgan fingerprint density at radius 2 is 1.65 bits per heavy atom. The minimum atomic E-state index is -4.81. The Bertz CT molecular complexity index is 1800. The molecule has 0 aliphatic carbocycles. The minimum Gasteiger partial charge on any atom is -0.438 e. The van der Waals surface area contributed by atoms with Crippen molar-refractivity contribution in [1.82, 2.24) is 14.4 Å². The Hall–Kier alpha value is -5.50. The molecule has 2 heterocycles. The van der Waals surface area contributed by atoms with E-state index < -0.39 is 51.7 Å². The van der Waals surface area contributed by atoms with Crippen molar-refractivity contribution in [2.75, 3.05) is 11.4 Å². The Kier molecular flexibility index (Phi) is 9.13. The van der Waals surface area contributed by atoms with Crippen LogP contribution in [0.25, 0.3) is 0 Å². The zero-order valence-corrected chi connectivity index (χ0v) is 26.2. The molecule has 0 bridgehead atoms. The number of nitrogens with two attached hydrogens (primary N) is 1. The van der Waals surface area contributed by atoms with Crippen molar-refractivity contribution < 1.29 is 36.6 Å². The molecular formula is C34H33F4N6O4+. The number of alkyl halides is 3. The number of ether oxygens (including phenoxy) is 2. The number of carbonyl (C=O) groups is 2. The van der Waals surface area contributed by atoms with Crippen LogP contribution in [-0.4, -0.2) is 46.3 Å². The van der Waals surface area contributed by atoms with Crippen LogP contribution in [0.3, 0.4) is 0 Å². The van der Waals surface area contributed by atoms with Crippen molar-refractivity contribution >= 4 is 35.3 Å². The second kappa shape index (κ2) is 13.0. The molecule has 10 nitrogen and oxygen atoms in total. The summed E-state index contributed by atoms with van der Waals surface area (Å²) in [6.07, 6.45) is -5.49. The fourth-order valence-electron chi connectivity index (χ4n) is 5.36. The number of guanidine groups is 1. The van der Waals surface area contributed by atoms with Crippen LogP contribution in [0.5, 0.6) is 5.75 Å². The van der Waals surface area contributed by atoms with Gasteiger partial charge in [-0.2, -0.15) is 18.0 Å². The van der Waals surface area contributed by atoms with E-state index in [1.807, 2.05) is 30.3 Å². The third-order valence-corrected chi connectivity index (χ3v) is 7.46. The number of amides is 3. The molecule has 2 atom stereocenters. The normalized spacial score (nSPS) is 18.0. The molecule has 2 unspecified atom stereocenters. The number of para-hydroxylation sites is 1. The van der Waals surface area contributed by atoms with E-state index in [2.05, 4.69) is 4.98 Å². The van der Waals surface area contributed by atoms with E-state index in [0.717, 1.165) is 11.8 Å². The molecule has 0 saturated carbocycles. The van der Waals surface area contributed by atoms with Crippen molar-refractivity contribution in [1.29, 1.82) is 5.41 Å². The lowest BCUT2D eigenvalue weighted by Crippen LogP contribution is -2.64. The van der Waals surface area contributed by atoms with Crippen molar-refractivity contribution in [2.45, 2.75) is 45.3 Å². The summed E-state index contributed by atoms with van der Waals surface area (Å²) in [7, 11) is 0. The predicted octanol–water partition coefficient (Wildman–Crippen LogP) is 7.55. The molecule has 250 valence electrons. The van der Waals surface area contributed by atoms with E-state index in [1.165, 1.54) is 12.1 Å². The predicted molar refractivity (Wildman–Crippen MR) is 171 cm³/mol. The topological polar surface area (TPSA) is 122 Å². The number of anilines is 2. The van der Waals surface area contributed by atoms with Gasteiger partial charge in [-0.3, -0.25) is 4.90 Å². The van der Waals surface area contributed by atoms with Crippen LogP contribution in [0.1, 0.15) is 31.9 Å². The van der Waals surface area contributed by atoms with Crippen molar-refractivity contribution in [3.05, 3.63) is 114 Å². The van der Waals surface area contributed by atoms with Gasteiger partial charge < -0.3 is 15.2 Å². The monoisotopic (exact) mass is 665 g/mol. The Labute approximate surface area is 274 Å². The molecule has 3 amide bonds. The summed E-state index contributed by atoms with van der Waals surface area (Å²) >= 11 is 0. The number of pyridine rings is 1. The summed E-state index contributed by atoms with van der Waals surface area (Å²) in [4.78, 5) is 32.9. The Morgan fingerprint density at radius 3 is 2.21 bits per heavy atom. The van der Waals surface area contributed by atoms with Gasteiger partial charge in [0.25, 0.3) is 6.23 Å². The fourth-order valence-corrected chi connectivity index (χ4v) is 5.36. The molecule has 1 saturated heterocycles. The van der Waals surface area contributed by atoms with E-state index >= 15 is 0 Å². The first-order chi connectivity index (χ1) is 22.6. The van der Waals surface area contributed by atoms with Gasteiger partial charge in [-0.05, 0) is 56.7 Å². The lowest BCUT2D eigenvalue weighted by molar-refractivity contribution is -0.137. The number of hydrogen-bond donors (Lipinski definition) is 2. The van der Waals surface area contributed by atoms with E-state index in [1.54, 1.807) is 56.0 Å². The Morgan fingerprint density at radius 1 is 1.00 bits per heavy atom. The fraction of sp³-hybridized carbons (Fsp3) is 0.235. The summed E-state index contributed by atoms with van der Waals surface area (Å²) in [6.45, 7) is 5.48. The second-order valence-corrected chi connectivity index (χ2v) is 12.0. The summed E-state index contributed by atoms with van der Waals surface area (Å²) < 4.78 is 66.4. The standard InChI is InChI=1S/C34H32F4N6O4/c1-33(2,3)48-32(46)44(24-12-8-5-9-13-24)29(21-42(30(44)39)20-22-10-6-4-7-11-22)47-25-15-17-28(41-19-25)43(31(40)45)27-18-23(34(36,37)38)14-16-26(27)35/h4-19,29,39H,20-21H2,1-3H3,(H-,40,45)/p+1. The second-order valence-electron chi connectivity index (χ2n) is 12.0. The number of primary amides is 1. The van der Waals surface area contributed by atoms with Crippen LogP contribution in [-0.2, 0) is 17.5 Å². The number of benzene rings is 3. The molecule has 14 heteroatoms. The van der Waals surface area contributed by atoms with Crippen LogP contribution in [0.2, 0.25) is 0 Å². The van der Waals surface area contributed by atoms with Crippen molar-refractivity contribution in [3.8, 4) is 5.75 Å². The number of halogens is 4.